The normalized spacial score (nSPS) is 36.4. The number of aliphatic carboxylic acids is 1. The van der Waals surface area contributed by atoms with Crippen LogP contribution in [0.4, 0.5) is 0 Å². The highest BCUT2D eigenvalue weighted by Gasteiger charge is 2.43. The van der Waals surface area contributed by atoms with Crippen LogP contribution in [0.25, 0.3) is 0 Å². The lowest BCUT2D eigenvalue weighted by molar-refractivity contribution is -0.145. The van der Waals surface area contributed by atoms with Crippen LogP contribution in [0.15, 0.2) is 0 Å². The van der Waals surface area contributed by atoms with E-state index in [1.807, 2.05) is 0 Å². The number of rotatable bonds is 3. The van der Waals surface area contributed by atoms with Crippen molar-refractivity contribution >= 4 is 5.97 Å². The predicted octanol–water partition coefficient (Wildman–Crippen LogP) is 0.925. The number of hydrogen-bond acceptors (Lipinski definition) is 3. The van der Waals surface area contributed by atoms with E-state index in [2.05, 4.69) is 17.3 Å². The molecule has 2 atom stereocenters. The molecule has 2 N–H and O–H groups in total. The maximum absolute atomic E-state index is 11.4. The minimum atomic E-state index is -0.654. The topological polar surface area (TPSA) is 52.6 Å². The first kappa shape index (κ1) is 11.9. The van der Waals surface area contributed by atoms with Gasteiger partial charge >= 0.3 is 5.97 Å². The minimum Gasteiger partial charge on any atom is -0.480 e. The van der Waals surface area contributed by atoms with Gasteiger partial charge in [0.05, 0.1) is 0 Å². The molecular weight excluding hydrogens is 204 g/mol. The van der Waals surface area contributed by atoms with Gasteiger partial charge in [0.1, 0.15) is 5.54 Å². The zero-order chi connectivity index (χ0) is 11.6. The van der Waals surface area contributed by atoms with Crippen molar-refractivity contribution in [2.45, 2.75) is 37.6 Å². The van der Waals surface area contributed by atoms with Gasteiger partial charge in [-0.2, -0.15) is 0 Å². The first-order valence-corrected chi connectivity index (χ1v) is 6.29. The van der Waals surface area contributed by atoms with Crippen molar-refractivity contribution in [3.8, 4) is 0 Å². The van der Waals surface area contributed by atoms with Crippen molar-refractivity contribution in [1.29, 1.82) is 0 Å². The van der Waals surface area contributed by atoms with Gasteiger partial charge in [0.25, 0.3) is 0 Å². The summed E-state index contributed by atoms with van der Waals surface area (Å²) in [6.45, 7) is 3.07. The molecule has 0 aromatic heterocycles. The number of nitrogens with one attached hydrogen (secondary N) is 1. The highest BCUT2D eigenvalue weighted by Crippen LogP contribution is 2.31. The summed E-state index contributed by atoms with van der Waals surface area (Å²) in [5, 5.41) is 12.6. The van der Waals surface area contributed by atoms with E-state index >= 15 is 0 Å². The van der Waals surface area contributed by atoms with E-state index in [4.69, 9.17) is 0 Å². The second-order valence-electron chi connectivity index (χ2n) is 5.39. The monoisotopic (exact) mass is 226 g/mol. The van der Waals surface area contributed by atoms with Crippen LogP contribution in [0.5, 0.6) is 0 Å². The molecule has 0 bridgehead atoms. The molecule has 4 nitrogen and oxygen atoms in total. The molecule has 4 heteroatoms. The minimum absolute atomic E-state index is 0.542. The molecule has 0 spiro atoms. The van der Waals surface area contributed by atoms with Gasteiger partial charge in [-0.05, 0) is 58.2 Å². The Kier molecular flexibility index (Phi) is 3.50. The lowest BCUT2D eigenvalue weighted by Gasteiger charge is -2.35. The molecule has 0 saturated carbocycles. The van der Waals surface area contributed by atoms with E-state index in [9.17, 15) is 9.90 Å². The van der Waals surface area contributed by atoms with Gasteiger partial charge in [-0.15, -0.1) is 0 Å². The molecule has 2 saturated heterocycles. The van der Waals surface area contributed by atoms with Crippen LogP contribution in [0.2, 0.25) is 0 Å². The second kappa shape index (κ2) is 4.72. The van der Waals surface area contributed by atoms with Gasteiger partial charge in [0.2, 0.25) is 0 Å². The largest absolute Gasteiger partial charge is 0.480 e. The Morgan fingerprint density at radius 3 is 2.94 bits per heavy atom. The number of carboxylic acids is 1. The molecule has 2 fully saturated rings. The van der Waals surface area contributed by atoms with E-state index in [0.29, 0.717) is 5.92 Å². The molecule has 2 rings (SSSR count). The first-order valence-electron chi connectivity index (χ1n) is 6.29. The Labute approximate surface area is 97.0 Å². The smallest absolute Gasteiger partial charge is 0.323 e. The fraction of sp³-hybridized carbons (Fsp3) is 0.917. The van der Waals surface area contributed by atoms with Crippen molar-refractivity contribution in [2.75, 3.05) is 26.7 Å². The summed E-state index contributed by atoms with van der Waals surface area (Å²) in [5.41, 5.74) is -0.622. The molecule has 2 aliphatic rings. The Morgan fingerprint density at radius 2 is 2.38 bits per heavy atom. The number of piperidine rings is 1. The zero-order valence-corrected chi connectivity index (χ0v) is 10.0. The Morgan fingerprint density at radius 1 is 1.56 bits per heavy atom. The van der Waals surface area contributed by atoms with Crippen molar-refractivity contribution in [3.63, 3.8) is 0 Å². The van der Waals surface area contributed by atoms with Gasteiger partial charge < -0.3 is 15.3 Å². The summed E-state index contributed by atoms with van der Waals surface area (Å²) in [7, 11) is 2.13. The Balaban J connectivity index is 1.97. The lowest BCUT2D eigenvalue weighted by atomic mass is 9.82. The molecule has 2 aliphatic heterocycles. The molecule has 0 radical (unpaired) electrons. The molecule has 2 heterocycles. The average molecular weight is 226 g/mol. The van der Waals surface area contributed by atoms with Crippen molar-refractivity contribution in [2.24, 2.45) is 5.92 Å². The maximum atomic E-state index is 11.4. The maximum Gasteiger partial charge on any atom is 0.323 e. The molecule has 2 unspecified atom stereocenters. The lowest BCUT2D eigenvalue weighted by Crippen LogP contribution is -2.50. The van der Waals surface area contributed by atoms with Gasteiger partial charge in [-0.25, -0.2) is 0 Å². The summed E-state index contributed by atoms with van der Waals surface area (Å²) in [4.78, 5) is 13.7. The van der Waals surface area contributed by atoms with E-state index < -0.39 is 11.5 Å². The van der Waals surface area contributed by atoms with E-state index in [-0.39, 0.29) is 0 Å². The van der Waals surface area contributed by atoms with Crippen LogP contribution in [0.1, 0.15) is 32.1 Å². The third-order valence-electron chi connectivity index (χ3n) is 4.01. The highest BCUT2D eigenvalue weighted by molar-refractivity contribution is 5.79. The molecule has 0 aliphatic carbocycles. The van der Waals surface area contributed by atoms with Crippen molar-refractivity contribution < 1.29 is 9.90 Å². The zero-order valence-electron chi connectivity index (χ0n) is 10.0. The summed E-state index contributed by atoms with van der Waals surface area (Å²) < 4.78 is 0. The molecule has 0 aromatic rings. The standard InChI is InChI=1S/C12H22N2O2/c1-14-7-2-4-10(9-14)8-12(11(15)16)5-3-6-13-12/h10,13H,2-9H2,1H3,(H,15,16). The van der Waals surface area contributed by atoms with Crippen molar-refractivity contribution in [3.05, 3.63) is 0 Å². The Bertz CT molecular complexity index is 262. The number of nitrogens with zero attached hydrogens (tertiary/aromatic N) is 1. The van der Waals surface area contributed by atoms with Gasteiger partial charge in [-0.3, -0.25) is 4.79 Å². The number of carbonyl (C=O) groups is 1. The van der Waals surface area contributed by atoms with Crippen molar-refractivity contribution in [1.82, 2.24) is 10.2 Å². The van der Waals surface area contributed by atoms with Crippen LogP contribution in [-0.2, 0) is 4.79 Å². The van der Waals surface area contributed by atoms with E-state index in [1.54, 1.807) is 0 Å². The van der Waals surface area contributed by atoms with Gasteiger partial charge in [0, 0.05) is 6.54 Å². The SMILES string of the molecule is CN1CCCC(CC2(C(=O)O)CCCN2)C1. The van der Waals surface area contributed by atoms with Crippen LogP contribution < -0.4 is 5.32 Å². The van der Waals surface area contributed by atoms with Gasteiger partial charge in [-0.1, -0.05) is 0 Å². The molecule has 0 aromatic carbocycles. The van der Waals surface area contributed by atoms with E-state index in [1.165, 1.54) is 12.8 Å². The molecular formula is C12H22N2O2. The fourth-order valence-corrected chi connectivity index (χ4v) is 3.18. The fourth-order valence-electron chi connectivity index (χ4n) is 3.18. The first-order chi connectivity index (χ1) is 7.62. The summed E-state index contributed by atoms with van der Waals surface area (Å²) in [6.07, 6.45) is 4.97. The second-order valence-corrected chi connectivity index (χ2v) is 5.39. The third-order valence-corrected chi connectivity index (χ3v) is 4.01. The van der Waals surface area contributed by atoms with Crippen LogP contribution >= 0.6 is 0 Å². The van der Waals surface area contributed by atoms with Crippen LogP contribution in [0.3, 0.4) is 0 Å². The van der Waals surface area contributed by atoms with E-state index in [0.717, 1.165) is 38.9 Å². The average Bonchev–Trinajstić information content (AvgIpc) is 2.67. The Hall–Kier alpha value is -0.610. The highest BCUT2D eigenvalue weighted by atomic mass is 16.4. The predicted molar refractivity (Wildman–Crippen MR) is 62.4 cm³/mol. The van der Waals surface area contributed by atoms with Crippen LogP contribution in [0, 0.1) is 5.92 Å². The summed E-state index contributed by atoms with van der Waals surface area (Å²) >= 11 is 0. The quantitative estimate of drug-likeness (QED) is 0.751. The van der Waals surface area contributed by atoms with Gasteiger partial charge in [0.15, 0.2) is 0 Å². The number of carboxylic acid groups (broad SMARTS) is 1. The molecule has 0 amide bonds. The van der Waals surface area contributed by atoms with Crippen LogP contribution in [-0.4, -0.2) is 48.2 Å². The summed E-state index contributed by atoms with van der Waals surface area (Å²) in [6, 6.07) is 0. The third kappa shape index (κ3) is 2.38. The number of likely N-dealkylation sites (tertiary alicyclic amines) is 1. The molecule has 16 heavy (non-hydrogen) atoms. The molecule has 92 valence electrons. The summed E-state index contributed by atoms with van der Waals surface area (Å²) in [5.74, 6) is -0.112. The number of hydrogen-bond donors (Lipinski definition) is 2.